The van der Waals surface area contributed by atoms with E-state index in [1.165, 1.54) is 5.56 Å². The van der Waals surface area contributed by atoms with Gasteiger partial charge < -0.3 is 14.5 Å². The summed E-state index contributed by atoms with van der Waals surface area (Å²) < 4.78 is 7.36. The second kappa shape index (κ2) is 12.0. The van der Waals surface area contributed by atoms with Crippen molar-refractivity contribution in [1.29, 1.82) is 0 Å². The van der Waals surface area contributed by atoms with E-state index in [0.29, 0.717) is 5.25 Å². The Balaban J connectivity index is 0.000000687. The van der Waals surface area contributed by atoms with Crippen molar-refractivity contribution >= 4 is 23.4 Å². The Hall–Kier alpha value is -2.71. The van der Waals surface area contributed by atoms with E-state index in [1.54, 1.807) is 7.11 Å². The summed E-state index contributed by atoms with van der Waals surface area (Å²) in [6.07, 6.45) is 7.77. The van der Waals surface area contributed by atoms with E-state index >= 15 is 0 Å². The fourth-order valence-electron chi connectivity index (χ4n) is 2.66. The van der Waals surface area contributed by atoms with Gasteiger partial charge in [0.05, 0.1) is 18.5 Å². The van der Waals surface area contributed by atoms with Gasteiger partial charge in [0, 0.05) is 29.1 Å². The van der Waals surface area contributed by atoms with Gasteiger partial charge in [-0.1, -0.05) is 35.9 Å². The minimum absolute atomic E-state index is 0.413. The maximum atomic E-state index is 8.36. The first-order valence-electron chi connectivity index (χ1n) is 8.81. The average Bonchev–Trinajstić information content (AvgIpc) is 3.21. The molecule has 7 nitrogen and oxygen atoms in total. The van der Waals surface area contributed by atoms with Crippen molar-refractivity contribution in [1.82, 2.24) is 9.55 Å². The zero-order chi connectivity index (χ0) is 21.1. The zero-order valence-corrected chi connectivity index (χ0v) is 17.4. The fourth-order valence-corrected chi connectivity index (χ4v) is 4.11. The normalized spacial score (nSPS) is 11.2. The Bertz CT molecular complexity index is 872. The highest BCUT2D eigenvalue weighted by Gasteiger charge is 2.14. The van der Waals surface area contributed by atoms with Crippen LogP contribution in [-0.4, -0.2) is 32.2 Å². The van der Waals surface area contributed by atoms with Crippen LogP contribution in [0.5, 0.6) is 5.75 Å². The van der Waals surface area contributed by atoms with E-state index in [-0.39, 0.29) is 0 Å². The van der Waals surface area contributed by atoms with Gasteiger partial charge >= 0.3 is 0 Å². The molecule has 3 rings (SSSR count). The molecule has 0 radical (unpaired) electrons. The van der Waals surface area contributed by atoms with Crippen LogP contribution in [-0.2, 0) is 13.0 Å². The first-order valence-corrected chi connectivity index (χ1v) is 10.1. The molecule has 1 heterocycles. The second-order valence-electron chi connectivity index (χ2n) is 6.05. The number of rotatable bonds is 8. The predicted molar refractivity (Wildman–Crippen MR) is 113 cm³/mol. The Morgan fingerprint density at radius 1 is 1.28 bits per heavy atom. The lowest BCUT2D eigenvalue weighted by atomic mass is 10.1. The minimum atomic E-state index is -1.50. The maximum absolute atomic E-state index is 8.36. The van der Waals surface area contributed by atoms with Gasteiger partial charge in [-0.15, -0.1) is 21.9 Å². The summed E-state index contributed by atoms with van der Waals surface area (Å²) in [6, 6.07) is 16.3. The number of hydrogen-bond donors (Lipinski definition) is 1. The van der Waals surface area contributed by atoms with Crippen molar-refractivity contribution in [3.05, 3.63) is 88.0 Å². The van der Waals surface area contributed by atoms with Gasteiger partial charge in [-0.05, 0) is 42.7 Å². The van der Waals surface area contributed by atoms with Crippen molar-refractivity contribution < 1.29 is 15.0 Å². The number of aromatic nitrogens is 2. The van der Waals surface area contributed by atoms with E-state index < -0.39 is 5.09 Å². The summed E-state index contributed by atoms with van der Waals surface area (Å²) in [6.45, 7) is 0.909. The molecule has 2 aromatic carbocycles. The first kappa shape index (κ1) is 22.6. The molecule has 1 atom stereocenters. The highest BCUT2D eigenvalue weighted by atomic mass is 35.5. The monoisotopic (exact) mass is 435 g/mol. The van der Waals surface area contributed by atoms with Gasteiger partial charge in [-0.3, -0.25) is 0 Å². The first-order chi connectivity index (χ1) is 14.0. The lowest BCUT2D eigenvalue weighted by Crippen LogP contribution is -2.13. The summed E-state index contributed by atoms with van der Waals surface area (Å²) in [7, 11) is 1.69. The van der Waals surface area contributed by atoms with Gasteiger partial charge in [0.2, 0.25) is 0 Å². The molecule has 1 aromatic heterocycles. The third-order valence-electron chi connectivity index (χ3n) is 4.02. The van der Waals surface area contributed by atoms with Crippen LogP contribution in [0, 0.1) is 10.1 Å². The van der Waals surface area contributed by atoms with Gasteiger partial charge in [-0.25, -0.2) is 4.98 Å². The number of ether oxygens (including phenoxy) is 1. The number of aryl methyl sites for hydroxylation is 1. The molecule has 1 N–H and O–H groups in total. The lowest BCUT2D eigenvalue weighted by Gasteiger charge is -2.18. The van der Waals surface area contributed by atoms with Crippen molar-refractivity contribution in [3.63, 3.8) is 0 Å². The van der Waals surface area contributed by atoms with Crippen LogP contribution in [0.1, 0.15) is 12.0 Å². The fraction of sp³-hybridized carbons (Fsp3) is 0.250. The second-order valence-corrected chi connectivity index (χ2v) is 7.80. The standard InChI is InChI=1S/C20H21ClN2OS.HNO3/c1-24-17-9-6-16(7-10-17)8-11-18(14-23-13-12-22-15-23)25-20-5-3-2-4-19(20)21;2-1(3)4/h2-7,9-10,12-13,15,18H,8,11,14H2,1H3;(H,2,3,4). The third kappa shape index (κ3) is 8.45. The van der Waals surface area contributed by atoms with E-state index in [9.17, 15) is 0 Å². The van der Waals surface area contributed by atoms with Crippen LogP contribution in [0.25, 0.3) is 0 Å². The molecule has 9 heteroatoms. The quantitative estimate of drug-likeness (QED) is 0.304. The maximum Gasteiger partial charge on any atom is 0.291 e. The van der Waals surface area contributed by atoms with Crippen LogP contribution in [0.3, 0.4) is 0 Å². The van der Waals surface area contributed by atoms with Crippen LogP contribution in [0.4, 0.5) is 0 Å². The zero-order valence-electron chi connectivity index (χ0n) is 15.8. The van der Waals surface area contributed by atoms with Crippen molar-refractivity contribution in [2.45, 2.75) is 29.5 Å². The van der Waals surface area contributed by atoms with Crippen LogP contribution >= 0.6 is 23.4 Å². The predicted octanol–water partition coefficient (Wildman–Crippen LogP) is 4.99. The highest BCUT2D eigenvalue weighted by molar-refractivity contribution is 8.00. The molecule has 0 aliphatic rings. The Morgan fingerprint density at radius 3 is 2.55 bits per heavy atom. The molecule has 0 aliphatic heterocycles. The summed E-state index contributed by atoms with van der Waals surface area (Å²) in [5, 5.41) is 14.9. The molecule has 29 heavy (non-hydrogen) atoms. The number of benzene rings is 2. The molecular weight excluding hydrogens is 414 g/mol. The van der Waals surface area contributed by atoms with Gasteiger partial charge in [0.1, 0.15) is 5.75 Å². The third-order valence-corrected chi connectivity index (χ3v) is 5.79. The van der Waals surface area contributed by atoms with Crippen LogP contribution in [0.15, 0.2) is 72.1 Å². The number of methoxy groups -OCH3 is 1. The molecule has 3 aromatic rings. The number of thioether (sulfide) groups is 1. The van der Waals surface area contributed by atoms with E-state index in [4.69, 9.17) is 31.7 Å². The number of nitrogens with zero attached hydrogens (tertiary/aromatic N) is 3. The Labute approximate surface area is 178 Å². The van der Waals surface area contributed by atoms with E-state index in [0.717, 1.165) is 35.1 Å². The number of imidazole rings is 1. The summed E-state index contributed by atoms with van der Waals surface area (Å²) >= 11 is 8.18. The lowest BCUT2D eigenvalue weighted by molar-refractivity contribution is -0.742. The van der Waals surface area contributed by atoms with Crippen molar-refractivity contribution in [2.75, 3.05) is 7.11 Å². The minimum Gasteiger partial charge on any atom is -0.497 e. The number of hydrogen-bond acceptors (Lipinski definition) is 5. The Morgan fingerprint density at radius 2 is 1.97 bits per heavy atom. The molecule has 0 saturated heterocycles. The molecule has 0 aliphatic carbocycles. The summed E-state index contributed by atoms with van der Waals surface area (Å²) in [4.78, 5) is 13.6. The van der Waals surface area contributed by atoms with Crippen molar-refractivity contribution in [2.24, 2.45) is 0 Å². The molecule has 0 bridgehead atoms. The average molecular weight is 436 g/mol. The largest absolute Gasteiger partial charge is 0.497 e. The SMILES string of the molecule is COc1ccc(CCC(Cn2ccnc2)Sc2ccccc2Cl)cc1.O=[N+]([O-])O. The molecule has 0 amide bonds. The Kier molecular flexibility index (Phi) is 9.33. The van der Waals surface area contributed by atoms with Gasteiger partial charge in [0.25, 0.3) is 5.09 Å². The molecular formula is C20H22ClN3O4S. The highest BCUT2D eigenvalue weighted by Crippen LogP contribution is 2.33. The molecule has 0 spiro atoms. The van der Waals surface area contributed by atoms with Crippen molar-refractivity contribution in [3.8, 4) is 5.75 Å². The summed E-state index contributed by atoms with van der Waals surface area (Å²) in [5.74, 6) is 0.893. The van der Waals surface area contributed by atoms with E-state index in [1.807, 2.05) is 60.8 Å². The topological polar surface area (TPSA) is 90.4 Å². The smallest absolute Gasteiger partial charge is 0.291 e. The summed E-state index contributed by atoms with van der Waals surface area (Å²) in [5.41, 5.74) is 1.32. The molecule has 154 valence electrons. The van der Waals surface area contributed by atoms with E-state index in [2.05, 4.69) is 27.8 Å². The number of halogens is 1. The molecule has 1 unspecified atom stereocenters. The van der Waals surface area contributed by atoms with Crippen LogP contribution in [0.2, 0.25) is 5.02 Å². The van der Waals surface area contributed by atoms with Gasteiger partial charge in [-0.2, -0.15) is 0 Å². The van der Waals surface area contributed by atoms with Gasteiger partial charge in [0.15, 0.2) is 0 Å². The van der Waals surface area contributed by atoms with Crippen LogP contribution < -0.4 is 4.74 Å². The molecule has 0 fully saturated rings. The molecule has 0 saturated carbocycles.